The van der Waals surface area contributed by atoms with Crippen molar-refractivity contribution >= 4 is 18.3 Å². The van der Waals surface area contributed by atoms with Gasteiger partial charge >= 0.3 is 0 Å². The first-order chi connectivity index (χ1) is 7.94. The van der Waals surface area contributed by atoms with Gasteiger partial charge in [0.05, 0.1) is 0 Å². The quantitative estimate of drug-likeness (QED) is 0.858. The summed E-state index contributed by atoms with van der Waals surface area (Å²) in [5.74, 6) is 0.332. The molecule has 1 unspecified atom stereocenters. The molecule has 3 nitrogen and oxygen atoms in total. The molecule has 0 radical (unpaired) electrons. The van der Waals surface area contributed by atoms with Crippen molar-refractivity contribution in [2.75, 3.05) is 13.1 Å². The number of halogens is 1. The van der Waals surface area contributed by atoms with Gasteiger partial charge in [-0.2, -0.15) is 0 Å². The molecule has 1 aliphatic heterocycles. The van der Waals surface area contributed by atoms with Crippen LogP contribution < -0.4 is 5.73 Å². The Balaban J connectivity index is 0.00000289. The maximum absolute atomic E-state index is 12.2. The smallest absolute Gasteiger partial charge is 0.222 e. The molecular formula is C14H29ClN2O. The maximum atomic E-state index is 12.2. The van der Waals surface area contributed by atoms with Crippen molar-refractivity contribution in [3.63, 3.8) is 0 Å². The third kappa shape index (κ3) is 6.05. The third-order valence-electron chi connectivity index (χ3n) is 3.54. The van der Waals surface area contributed by atoms with Gasteiger partial charge in [-0.25, -0.2) is 0 Å². The lowest BCUT2D eigenvalue weighted by atomic mass is 9.89. The molecule has 0 spiro atoms. The number of rotatable bonds is 4. The molecule has 0 saturated carbocycles. The highest BCUT2D eigenvalue weighted by molar-refractivity contribution is 5.85. The zero-order valence-corrected chi connectivity index (χ0v) is 12.9. The molecule has 2 N–H and O–H groups in total. The van der Waals surface area contributed by atoms with Crippen LogP contribution in [0.5, 0.6) is 0 Å². The van der Waals surface area contributed by atoms with Gasteiger partial charge in [-0.15, -0.1) is 12.4 Å². The summed E-state index contributed by atoms with van der Waals surface area (Å²) in [6, 6.07) is 0.404. The number of carbonyl (C=O) groups excluding carboxylic acids is 1. The van der Waals surface area contributed by atoms with E-state index >= 15 is 0 Å². The van der Waals surface area contributed by atoms with Gasteiger partial charge in [-0.3, -0.25) is 4.79 Å². The predicted molar refractivity (Wildman–Crippen MR) is 79.0 cm³/mol. The number of nitrogens with zero attached hydrogens (tertiary/aromatic N) is 1. The van der Waals surface area contributed by atoms with Crippen molar-refractivity contribution in [3.05, 3.63) is 0 Å². The molecular weight excluding hydrogens is 248 g/mol. The van der Waals surface area contributed by atoms with Gasteiger partial charge in [0, 0.05) is 19.0 Å². The molecule has 1 atom stereocenters. The van der Waals surface area contributed by atoms with E-state index in [-0.39, 0.29) is 17.8 Å². The van der Waals surface area contributed by atoms with Gasteiger partial charge in [0.15, 0.2) is 0 Å². The van der Waals surface area contributed by atoms with Gasteiger partial charge in [-0.1, -0.05) is 20.8 Å². The molecule has 0 bridgehead atoms. The first-order valence-corrected chi connectivity index (χ1v) is 6.93. The average molecular weight is 277 g/mol. The number of nitrogens with two attached hydrogens (primary N) is 1. The van der Waals surface area contributed by atoms with Crippen LogP contribution in [0.2, 0.25) is 0 Å². The lowest BCUT2D eigenvalue weighted by molar-refractivity contribution is -0.135. The lowest BCUT2D eigenvalue weighted by Crippen LogP contribution is -2.44. The molecule has 0 aromatic heterocycles. The van der Waals surface area contributed by atoms with Crippen molar-refractivity contribution in [2.45, 2.75) is 65.3 Å². The Kier molecular flexibility index (Phi) is 7.88. The minimum absolute atomic E-state index is 0. The second kappa shape index (κ2) is 8.00. The Hall–Kier alpha value is -0.280. The number of amides is 1. The van der Waals surface area contributed by atoms with Crippen molar-refractivity contribution in [3.8, 4) is 0 Å². The predicted octanol–water partition coefficient (Wildman–Crippen LogP) is 2.96. The zero-order chi connectivity index (χ0) is 12.9. The number of hydrogen-bond acceptors (Lipinski definition) is 2. The van der Waals surface area contributed by atoms with E-state index in [0.717, 1.165) is 32.2 Å². The van der Waals surface area contributed by atoms with Crippen LogP contribution in [0, 0.1) is 5.41 Å². The van der Waals surface area contributed by atoms with Gasteiger partial charge in [0.25, 0.3) is 0 Å². The number of likely N-dealkylation sites (tertiary alicyclic amines) is 1. The number of piperidine rings is 1. The minimum atomic E-state index is 0. The topological polar surface area (TPSA) is 46.3 Å². The number of carbonyl (C=O) groups is 1. The summed E-state index contributed by atoms with van der Waals surface area (Å²) in [5, 5.41) is 0. The summed E-state index contributed by atoms with van der Waals surface area (Å²) in [7, 11) is 0. The maximum Gasteiger partial charge on any atom is 0.222 e. The van der Waals surface area contributed by atoms with Crippen LogP contribution in [-0.4, -0.2) is 29.9 Å². The van der Waals surface area contributed by atoms with Gasteiger partial charge in [-0.05, 0) is 44.1 Å². The Morgan fingerprint density at radius 2 is 2.00 bits per heavy atom. The minimum Gasteiger partial charge on any atom is -0.340 e. The fraction of sp³-hybridized carbons (Fsp3) is 0.929. The molecule has 1 rings (SSSR count). The highest BCUT2D eigenvalue weighted by Crippen LogP contribution is 2.24. The largest absolute Gasteiger partial charge is 0.340 e. The van der Waals surface area contributed by atoms with Crippen LogP contribution in [0.25, 0.3) is 0 Å². The van der Waals surface area contributed by atoms with E-state index in [4.69, 9.17) is 5.73 Å². The lowest BCUT2D eigenvalue weighted by Gasteiger charge is -2.36. The fourth-order valence-electron chi connectivity index (χ4n) is 2.45. The van der Waals surface area contributed by atoms with Crippen LogP contribution in [0.15, 0.2) is 0 Å². The molecule has 1 amide bonds. The highest BCUT2D eigenvalue weighted by Gasteiger charge is 2.26. The molecule has 1 saturated heterocycles. The molecule has 0 aliphatic carbocycles. The van der Waals surface area contributed by atoms with E-state index in [1.807, 2.05) is 0 Å². The Labute approximate surface area is 118 Å². The Morgan fingerprint density at radius 1 is 1.33 bits per heavy atom. The first kappa shape index (κ1) is 17.7. The monoisotopic (exact) mass is 276 g/mol. The van der Waals surface area contributed by atoms with Crippen molar-refractivity contribution < 1.29 is 4.79 Å². The van der Waals surface area contributed by atoms with Crippen LogP contribution in [0.1, 0.15) is 59.3 Å². The third-order valence-corrected chi connectivity index (χ3v) is 3.54. The SMILES string of the molecule is CC(C)(C)CCC(=O)N1CCCCC1CCN.Cl. The van der Waals surface area contributed by atoms with E-state index in [1.54, 1.807) is 0 Å². The molecule has 0 aromatic rings. The molecule has 108 valence electrons. The van der Waals surface area contributed by atoms with Crippen LogP contribution in [0.3, 0.4) is 0 Å². The van der Waals surface area contributed by atoms with Gasteiger partial charge in [0.1, 0.15) is 0 Å². The fourth-order valence-corrected chi connectivity index (χ4v) is 2.45. The molecule has 1 heterocycles. The molecule has 0 aromatic carbocycles. The van der Waals surface area contributed by atoms with Gasteiger partial charge < -0.3 is 10.6 Å². The molecule has 1 aliphatic rings. The highest BCUT2D eigenvalue weighted by atomic mass is 35.5. The van der Waals surface area contributed by atoms with Crippen molar-refractivity contribution in [1.82, 2.24) is 4.90 Å². The summed E-state index contributed by atoms with van der Waals surface area (Å²) >= 11 is 0. The van der Waals surface area contributed by atoms with Crippen LogP contribution >= 0.6 is 12.4 Å². The van der Waals surface area contributed by atoms with E-state index in [0.29, 0.717) is 24.9 Å². The second-order valence-electron chi connectivity index (χ2n) is 6.37. The van der Waals surface area contributed by atoms with Crippen LogP contribution in [-0.2, 0) is 4.79 Å². The van der Waals surface area contributed by atoms with Crippen LogP contribution in [0.4, 0.5) is 0 Å². The standard InChI is InChI=1S/C14H28N2O.ClH/c1-14(2,3)9-7-13(17)16-11-5-4-6-12(16)8-10-15;/h12H,4-11,15H2,1-3H3;1H. The second-order valence-corrected chi connectivity index (χ2v) is 6.37. The Morgan fingerprint density at radius 3 is 2.56 bits per heavy atom. The zero-order valence-electron chi connectivity index (χ0n) is 12.1. The van der Waals surface area contributed by atoms with Gasteiger partial charge in [0.2, 0.25) is 5.91 Å². The summed E-state index contributed by atoms with van der Waals surface area (Å²) in [5.41, 5.74) is 5.87. The first-order valence-electron chi connectivity index (χ1n) is 6.93. The van der Waals surface area contributed by atoms with E-state index in [2.05, 4.69) is 25.7 Å². The summed E-state index contributed by atoms with van der Waals surface area (Å²) < 4.78 is 0. The molecule has 18 heavy (non-hydrogen) atoms. The molecule has 1 fully saturated rings. The van der Waals surface area contributed by atoms with Crippen molar-refractivity contribution in [1.29, 1.82) is 0 Å². The van der Waals surface area contributed by atoms with E-state index in [1.165, 1.54) is 6.42 Å². The molecule has 4 heteroatoms. The Bertz CT molecular complexity index is 249. The average Bonchev–Trinajstić information content (AvgIpc) is 2.26. The summed E-state index contributed by atoms with van der Waals surface area (Å²) in [4.78, 5) is 14.3. The van der Waals surface area contributed by atoms with E-state index in [9.17, 15) is 4.79 Å². The number of hydrogen-bond donors (Lipinski definition) is 1. The summed E-state index contributed by atoms with van der Waals surface area (Å²) in [6.07, 6.45) is 6.15. The van der Waals surface area contributed by atoms with E-state index < -0.39 is 0 Å². The summed E-state index contributed by atoms with van der Waals surface area (Å²) in [6.45, 7) is 8.19. The normalized spacial score (nSPS) is 20.4. The van der Waals surface area contributed by atoms with Crippen molar-refractivity contribution in [2.24, 2.45) is 11.1 Å².